The molecule has 0 atom stereocenters. The Labute approximate surface area is 201 Å². The maximum absolute atomic E-state index is 13.0. The number of urea groups is 1. The summed E-state index contributed by atoms with van der Waals surface area (Å²) in [4.78, 5) is 26.2. The molecule has 0 unspecified atom stereocenters. The van der Waals surface area contributed by atoms with Crippen molar-refractivity contribution in [3.63, 3.8) is 0 Å². The standard InChI is InChI=1S/C26H24N4O3S/c1-17-23(18(2)33-30-17)16-34-24-14-7-6-13-22(24)25(31)27-20-11-8-12-21(15-20)29-26(32)28-19-9-4-3-5-10-19/h3-15H,16H2,1-2H3,(H,27,31)(H2,28,29,32). The van der Waals surface area contributed by atoms with Crippen LogP contribution < -0.4 is 16.0 Å². The van der Waals surface area contributed by atoms with Gasteiger partial charge >= 0.3 is 6.03 Å². The second-order valence-corrected chi connectivity index (χ2v) is 8.58. The fourth-order valence-corrected chi connectivity index (χ4v) is 4.53. The third-order valence-corrected chi connectivity index (χ3v) is 6.19. The van der Waals surface area contributed by atoms with Crippen molar-refractivity contribution in [2.45, 2.75) is 24.5 Å². The predicted molar refractivity (Wildman–Crippen MR) is 135 cm³/mol. The number of hydrogen-bond acceptors (Lipinski definition) is 5. The first-order valence-electron chi connectivity index (χ1n) is 10.7. The van der Waals surface area contributed by atoms with Gasteiger partial charge in [-0.1, -0.05) is 41.6 Å². The summed E-state index contributed by atoms with van der Waals surface area (Å²) in [5.74, 6) is 1.21. The van der Waals surface area contributed by atoms with Crippen molar-refractivity contribution in [2.24, 2.45) is 0 Å². The summed E-state index contributed by atoms with van der Waals surface area (Å²) in [6, 6.07) is 23.3. The first-order valence-corrected chi connectivity index (χ1v) is 11.7. The van der Waals surface area contributed by atoms with E-state index in [2.05, 4.69) is 21.1 Å². The number of aromatic nitrogens is 1. The minimum absolute atomic E-state index is 0.229. The molecule has 7 nitrogen and oxygen atoms in total. The van der Waals surface area contributed by atoms with Crippen molar-refractivity contribution >= 4 is 40.8 Å². The number of rotatable bonds is 7. The lowest BCUT2D eigenvalue weighted by atomic mass is 10.2. The molecule has 4 aromatic rings. The molecule has 1 aromatic heterocycles. The molecule has 0 fully saturated rings. The van der Waals surface area contributed by atoms with E-state index < -0.39 is 0 Å². The van der Waals surface area contributed by atoms with E-state index in [1.54, 1.807) is 54.2 Å². The first-order chi connectivity index (χ1) is 16.5. The van der Waals surface area contributed by atoms with E-state index in [9.17, 15) is 9.59 Å². The summed E-state index contributed by atoms with van der Waals surface area (Å²) >= 11 is 1.56. The van der Waals surface area contributed by atoms with Gasteiger partial charge in [0.25, 0.3) is 5.91 Å². The number of carbonyl (C=O) groups excluding carboxylic acids is 2. The molecule has 3 amide bonds. The molecular formula is C26H24N4O3S. The van der Waals surface area contributed by atoms with Gasteiger partial charge in [-0.05, 0) is 56.3 Å². The summed E-state index contributed by atoms with van der Waals surface area (Å²) in [6.07, 6.45) is 0. The zero-order chi connectivity index (χ0) is 23.9. The maximum Gasteiger partial charge on any atom is 0.323 e. The largest absolute Gasteiger partial charge is 0.361 e. The second-order valence-electron chi connectivity index (χ2n) is 7.57. The van der Waals surface area contributed by atoms with E-state index in [1.165, 1.54) is 0 Å². The lowest BCUT2D eigenvalue weighted by Crippen LogP contribution is -2.19. The van der Waals surface area contributed by atoms with Crippen molar-refractivity contribution in [2.75, 3.05) is 16.0 Å². The molecule has 0 bridgehead atoms. The molecule has 0 spiro atoms. The summed E-state index contributed by atoms with van der Waals surface area (Å²) in [7, 11) is 0. The predicted octanol–water partition coefficient (Wildman–Crippen LogP) is 6.48. The van der Waals surface area contributed by atoms with Crippen LogP contribution in [0.5, 0.6) is 0 Å². The molecule has 0 aliphatic carbocycles. The van der Waals surface area contributed by atoms with Crippen LogP contribution in [0.3, 0.4) is 0 Å². The molecule has 4 rings (SSSR count). The van der Waals surface area contributed by atoms with Gasteiger partial charge < -0.3 is 20.5 Å². The highest BCUT2D eigenvalue weighted by Crippen LogP contribution is 2.29. The van der Waals surface area contributed by atoms with Crippen LogP contribution in [0.4, 0.5) is 21.9 Å². The van der Waals surface area contributed by atoms with Gasteiger partial charge in [0.05, 0.1) is 11.3 Å². The smallest absolute Gasteiger partial charge is 0.323 e. The molecule has 34 heavy (non-hydrogen) atoms. The van der Waals surface area contributed by atoms with Crippen molar-refractivity contribution in [3.05, 3.63) is 101 Å². The van der Waals surface area contributed by atoms with E-state index in [-0.39, 0.29) is 11.9 Å². The Balaban J connectivity index is 1.41. The van der Waals surface area contributed by atoms with E-state index in [4.69, 9.17) is 4.52 Å². The highest BCUT2D eigenvalue weighted by Gasteiger charge is 2.15. The number of thioether (sulfide) groups is 1. The number of nitrogens with zero attached hydrogens (tertiary/aromatic N) is 1. The fraction of sp³-hybridized carbons (Fsp3) is 0.115. The maximum atomic E-state index is 13.0. The number of aryl methyl sites for hydroxylation is 2. The fourth-order valence-electron chi connectivity index (χ4n) is 3.33. The quantitative estimate of drug-likeness (QED) is 0.268. The number of benzene rings is 3. The lowest BCUT2D eigenvalue weighted by molar-refractivity contribution is 0.102. The summed E-state index contributed by atoms with van der Waals surface area (Å²) in [5.41, 5.74) is 4.29. The van der Waals surface area contributed by atoms with Crippen molar-refractivity contribution in [1.82, 2.24) is 5.16 Å². The topological polar surface area (TPSA) is 96.3 Å². The normalized spacial score (nSPS) is 10.5. The highest BCUT2D eigenvalue weighted by atomic mass is 32.2. The third kappa shape index (κ3) is 5.85. The number of para-hydroxylation sites is 1. The van der Waals surface area contributed by atoms with E-state index in [1.807, 2.05) is 50.2 Å². The number of nitrogens with one attached hydrogen (secondary N) is 3. The zero-order valence-electron chi connectivity index (χ0n) is 18.8. The Bertz CT molecular complexity index is 1280. The van der Waals surface area contributed by atoms with E-state index in [0.29, 0.717) is 28.4 Å². The van der Waals surface area contributed by atoms with Crippen LogP contribution in [0.1, 0.15) is 27.4 Å². The summed E-state index contributed by atoms with van der Waals surface area (Å²) in [6.45, 7) is 3.79. The second kappa shape index (κ2) is 10.7. The van der Waals surface area contributed by atoms with Gasteiger partial charge in [0.2, 0.25) is 0 Å². The van der Waals surface area contributed by atoms with Crippen LogP contribution in [0.15, 0.2) is 88.3 Å². The number of hydrogen-bond donors (Lipinski definition) is 3. The molecule has 1 heterocycles. The third-order valence-electron chi connectivity index (χ3n) is 5.09. The van der Waals surface area contributed by atoms with Crippen molar-refractivity contribution in [1.29, 1.82) is 0 Å². The van der Waals surface area contributed by atoms with Gasteiger partial charge in [-0.3, -0.25) is 4.79 Å². The molecule has 0 radical (unpaired) electrons. The van der Waals surface area contributed by atoms with Crippen LogP contribution in [0, 0.1) is 13.8 Å². The monoisotopic (exact) mass is 472 g/mol. The van der Waals surface area contributed by atoms with E-state index in [0.717, 1.165) is 21.9 Å². The van der Waals surface area contributed by atoms with Crippen LogP contribution in [0.25, 0.3) is 0 Å². The number of carbonyl (C=O) groups is 2. The molecule has 3 aromatic carbocycles. The highest BCUT2D eigenvalue weighted by molar-refractivity contribution is 7.98. The van der Waals surface area contributed by atoms with Gasteiger partial charge in [-0.2, -0.15) is 0 Å². The minimum Gasteiger partial charge on any atom is -0.361 e. The summed E-state index contributed by atoms with van der Waals surface area (Å²) < 4.78 is 5.24. The molecule has 0 saturated carbocycles. The summed E-state index contributed by atoms with van der Waals surface area (Å²) in [5, 5.41) is 12.5. The van der Waals surface area contributed by atoms with Crippen LogP contribution in [-0.4, -0.2) is 17.1 Å². The van der Waals surface area contributed by atoms with Gasteiger partial charge in [0, 0.05) is 33.3 Å². The molecule has 0 aliphatic rings. The van der Waals surface area contributed by atoms with Crippen molar-refractivity contribution < 1.29 is 14.1 Å². The van der Waals surface area contributed by atoms with E-state index >= 15 is 0 Å². The molecular weight excluding hydrogens is 448 g/mol. The Kier molecular flexibility index (Phi) is 7.29. The Morgan fingerprint density at radius 3 is 2.21 bits per heavy atom. The average Bonchev–Trinajstić information content (AvgIpc) is 3.15. The molecule has 0 aliphatic heterocycles. The van der Waals surface area contributed by atoms with Crippen LogP contribution in [-0.2, 0) is 5.75 Å². The van der Waals surface area contributed by atoms with Gasteiger partial charge in [-0.15, -0.1) is 11.8 Å². The van der Waals surface area contributed by atoms with Gasteiger partial charge in [-0.25, -0.2) is 4.79 Å². The molecule has 8 heteroatoms. The average molecular weight is 473 g/mol. The minimum atomic E-state index is -0.365. The Morgan fingerprint density at radius 1 is 0.824 bits per heavy atom. The molecule has 172 valence electrons. The Morgan fingerprint density at radius 2 is 1.47 bits per heavy atom. The van der Waals surface area contributed by atoms with Gasteiger partial charge in [0.15, 0.2) is 0 Å². The SMILES string of the molecule is Cc1noc(C)c1CSc1ccccc1C(=O)Nc1cccc(NC(=O)Nc2ccccc2)c1. The molecule has 0 saturated heterocycles. The Hall–Kier alpha value is -4.04. The zero-order valence-corrected chi connectivity index (χ0v) is 19.6. The lowest BCUT2D eigenvalue weighted by Gasteiger charge is -2.12. The van der Waals surface area contributed by atoms with Crippen molar-refractivity contribution in [3.8, 4) is 0 Å². The van der Waals surface area contributed by atoms with Crippen LogP contribution in [0.2, 0.25) is 0 Å². The van der Waals surface area contributed by atoms with Gasteiger partial charge in [0.1, 0.15) is 5.76 Å². The number of anilines is 3. The number of amides is 3. The molecule has 3 N–H and O–H groups in total. The van der Waals surface area contributed by atoms with Crippen LogP contribution >= 0.6 is 11.8 Å². The first kappa shape index (κ1) is 23.1.